The number of aromatic nitrogens is 1. The highest BCUT2D eigenvalue weighted by Gasteiger charge is 2.46. The van der Waals surface area contributed by atoms with E-state index in [1.54, 1.807) is 54.9 Å². The maximum Gasteiger partial charge on any atom is 0.295 e. The average Bonchev–Trinajstić information content (AvgIpc) is 3.00. The first-order valence-corrected chi connectivity index (χ1v) is 9.52. The number of benzene rings is 2. The number of amides is 1. The summed E-state index contributed by atoms with van der Waals surface area (Å²) in [6.07, 6.45) is 3.10. The molecule has 2 heterocycles. The molecule has 30 heavy (non-hydrogen) atoms. The van der Waals surface area contributed by atoms with Crippen molar-refractivity contribution in [1.29, 1.82) is 0 Å². The fourth-order valence-electron chi connectivity index (χ4n) is 3.51. The van der Waals surface area contributed by atoms with Crippen molar-refractivity contribution < 1.29 is 19.1 Å². The predicted molar refractivity (Wildman–Crippen MR) is 110 cm³/mol. The number of aliphatic hydroxyl groups excluding tert-OH is 1. The molecule has 1 fully saturated rings. The SMILES string of the molecule is O=C1C(=O)N(Cc2ccc(F)cc2)C(c2ccncc2)/C1=C(/O)c1cccc(Cl)c1. The van der Waals surface area contributed by atoms with Crippen molar-refractivity contribution >= 4 is 29.1 Å². The van der Waals surface area contributed by atoms with Gasteiger partial charge < -0.3 is 10.0 Å². The number of carbonyl (C=O) groups is 2. The summed E-state index contributed by atoms with van der Waals surface area (Å²) in [5.74, 6) is -2.24. The van der Waals surface area contributed by atoms with E-state index in [4.69, 9.17) is 11.6 Å². The third kappa shape index (κ3) is 3.69. The van der Waals surface area contributed by atoms with Gasteiger partial charge in [0.05, 0.1) is 11.6 Å². The Kier molecular flexibility index (Phi) is 5.33. The minimum atomic E-state index is -0.822. The summed E-state index contributed by atoms with van der Waals surface area (Å²) in [6, 6.07) is 14.6. The molecule has 150 valence electrons. The first kappa shape index (κ1) is 19.8. The van der Waals surface area contributed by atoms with Crippen LogP contribution in [0.15, 0.2) is 78.6 Å². The van der Waals surface area contributed by atoms with Gasteiger partial charge in [-0.15, -0.1) is 0 Å². The molecule has 0 bridgehead atoms. The molecule has 4 rings (SSSR count). The standard InChI is InChI=1S/C23H16ClFN2O3/c24-17-3-1-2-16(12-17)21(28)19-20(15-8-10-26-11-9-15)27(23(30)22(19)29)13-14-4-6-18(25)7-5-14/h1-12,20,28H,13H2/b21-19-. The highest BCUT2D eigenvalue weighted by atomic mass is 35.5. The quantitative estimate of drug-likeness (QED) is 0.382. The van der Waals surface area contributed by atoms with Crippen molar-refractivity contribution in [3.8, 4) is 0 Å². The molecular formula is C23H16ClFN2O3. The van der Waals surface area contributed by atoms with E-state index < -0.39 is 23.5 Å². The molecule has 1 amide bonds. The van der Waals surface area contributed by atoms with E-state index in [1.165, 1.54) is 23.1 Å². The number of carbonyl (C=O) groups excluding carboxylic acids is 2. The summed E-state index contributed by atoms with van der Waals surface area (Å²) in [6.45, 7) is 0.0736. The minimum absolute atomic E-state index is 0.0319. The van der Waals surface area contributed by atoms with E-state index in [0.717, 1.165) is 0 Å². The van der Waals surface area contributed by atoms with E-state index in [0.29, 0.717) is 21.7 Å². The van der Waals surface area contributed by atoms with Crippen LogP contribution in [0, 0.1) is 5.82 Å². The van der Waals surface area contributed by atoms with E-state index in [-0.39, 0.29) is 17.9 Å². The van der Waals surface area contributed by atoms with Crippen LogP contribution in [0.1, 0.15) is 22.7 Å². The smallest absolute Gasteiger partial charge is 0.295 e. The fourth-order valence-corrected chi connectivity index (χ4v) is 3.70. The van der Waals surface area contributed by atoms with Crippen LogP contribution in [0.3, 0.4) is 0 Å². The summed E-state index contributed by atoms with van der Waals surface area (Å²) in [7, 11) is 0. The Labute approximate surface area is 177 Å². The number of hydrogen-bond donors (Lipinski definition) is 1. The first-order chi connectivity index (χ1) is 14.5. The molecule has 7 heteroatoms. The lowest BCUT2D eigenvalue weighted by Gasteiger charge is -2.25. The molecule has 1 atom stereocenters. The number of Topliss-reactive ketones (excluding diaryl/α,β-unsaturated/α-hetero) is 1. The fraction of sp³-hybridized carbons (Fsp3) is 0.0870. The third-order valence-electron chi connectivity index (χ3n) is 4.93. The van der Waals surface area contributed by atoms with Crippen LogP contribution in [0.5, 0.6) is 0 Å². The highest BCUT2D eigenvalue weighted by Crippen LogP contribution is 2.40. The molecule has 5 nitrogen and oxygen atoms in total. The summed E-state index contributed by atoms with van der Waals surface area (Å²) in [4.78, 5) is 31.2. The van der Waals surface area contributed by atoms with E-state index in [2.05, 4.69) is 4.98 Å². The van der Waals surface area contributed by atoms with Gasteiger partial charge >= 0.3 is 0 Å². The maximum absolute atomic E-state index is 13.3. The molecule has 2 aromatic carbocycles. The zero-order chi connectivity index (χ0) is 21.3. The molecule has 0 aliphatic carbocycles. The van der Waals surface area contributed by atoms with Crippen LogP contribution < -0.4 is 0 Å². The van der Waals surface area contributed by atoms with Gasteiger partial charge in [0.2, 0.25) is 0 Å². The van der Waals surface area contributed by atoms with Gasteiger partial charge in [0.1, 0.15) is 11.6 Å². The number of ketones is 1. The molecule has 0 spiro atoms. The van der Waals surface area contributed by atoms with Gasteiger partial charge in [-0.05, 0) is 47.5 Å². The van der Waals surface area contributed by atoms with Gasteiger partial charge in [0.15, 0.2) is 0 Å². The Bertz CT molecular complexity index is 1150. The Balaban J connectivity index is 1.84. The molecule has 1 N–H and O–H groups in total. The van der Waals surface area contributed by atoms with Crippen LogP contribution in [0.25, 0.3) is 5.76 Å². The van der Waals surface area contributed by atoms with Crippen molar-refractivity contribution in [3.63, 3.8) is 0 Å². The topological polar surface area (TPSA) is 70.5 Å². The Morgan fingerprint density at radius 1 is 1.07 bits per heavy atom. The third-order valence-corrected chi connectivity index (χ3v) is 5.16. The summed E-state index contributed by atoms with van der Waals surface area (Å²) >= 11 is 6.03. The van der Waals surface area contributed by atoms with Crippen molar-refractivity contribution in [2.24, 2.45) is 0 Å². The van der Waals surface area contributed by atoms with Crippen molar-refractivity contribution in [1.82, 2.24) is 9.88 Å². The highest BCUT2D eigenvalue weighted by molar-refractivity contribution is 6.46. The van der Waals surface area contributed by atoms with Gasteiger partial charge in [-0.3, -0.25) is 14.6 Å². The zero-order valence-electron chi connectivity index (χ0n) is 15.6. The first-order valence-electron chi connectivity index (χ1n) is 9.14. The molecule has 1 aliphatic rings. The maximum atomic E-state index is 13.3. The average molecular weight is 423 g/mol. The molecule has 1 aliphatic heterocycles. The van der Waals surface area contributed by atoms with Gasteiger partial charge in [-0.2, -0.15) is 0 Å². The van der Waals surface area contributed by atoms with Gasteiger partial charge in [-0.1, -0.05) is 35.9 Å². The van der Waals surface area contributed by atoms with E-state index in [1.807, 2.05) is 0 Å². The lowest BCUT2D eigenvalue weighted by Crippen LogP contribution is -2.29. The number of nitrogens with zero attached hydrogens (tertiary/aromatic N) is 2. The van der Waals surface area contributed by atoms with E-state index >= 15 is 0 Å². The number of hydrogen-bond acceptors (Lipinski definition) is 4. The molecule has 1 unspecified atom stereocenters. The lowest BCUT2D eigenvalue weighted by atomic mass is 9.96. The number of rotatable bonds is 4. The van der Waals surface area contributed by atoms with Gasteiger partial charge in [-0.25, -0.2) is 4.39 Å². The number of halogens is 2. The van der Waals surface area contributed by atoms with Crippen LogP contribution >= 0.6 is 11.6 Å². The Morgan fingerprint density at radius 3 is 2.43 bits per heavy atom. The molecule has 0 radical (unpaired) electrons. The second-order valence-electron chi connectivity index (χ2n) is 6.84. The second-order valence-corrected chi connectivity index (χ2v) is 7.28. The summed E-state index contributed by atoms with van der Waals surface area (Å²) in [5.41, 5.74) is 1.58. The van der Waals surface area contributed by atoms with Crippen LogP contribution in [-0.2, 0) is 16.1 Å². The van der Waals surface area contributed by atoms with Crippen molar-refractivity contribution in [2.45, 2.75) is 12.6 Å². The monoisotopic (exact) mass is 422 g/mol. The zero-order valence-corrected chi connectivity index (χ0v) is 16.4. The lowest BCUT2D eigenvalue weighted by molar-refractivity contribution is -0.140. The van der Waals surface area contributed by atoms with Crippen LogP contribution in [0.2, 0.25) is 5.02 Å². The molecule has 3 aromatic rings. The largest absolute Gasteiger partial charge is 0.507 e. The molecule has 1 aromatic heterocycles. The Hall–Kier alpha value is -3.51. The predicted octanol–water partition coefficient (Wildman–Crippen LogP) is 4.50. The van der Waals surface area contributed by atoms with Gasteiger partial charge in [0.25, 0.3) is 11.7 Å². The van der Waals surface area contributed by atoms with Crippen molar-refractivity contribution in [2.75, 3.05) is 0 Å². The minimum Gasteiger partial charge on any atom is -0.507 e. The second kappa shape index (κ2) is 8.08. The van der Waals surface area contributed by atoms with Crippen molar-refractivity contribution in [3.05, 3.63) is 106 Å². The van der Waals surface area contributed by atoms with Crippen LogP contribution in [0.4, 0.5) is 4.39 Å². The molecule has 1 saturated heterocycles. The molecular weight excluding hydrogens is 407 g/mol. The molecule has 0 saturated carbocycles. The number of pyridine rings is 1. The normalized spacial score (nSPS) is 18.1. The van der Waals surface area contributed by atoms with Gasteiger partial charge in [0, 0.05) is 29.5 Å². The summed E-state index contributed by atoms with van der Waals surface area (Å²) in [5, 5.41) is 11.3. The summed E-state index contributed by atoms with van der Waals surface area (Å²) < 4.78 is 13.3. The number of aliphatic hydroxyl groups is 1. The van der Waals surface area contributed by atoms with Crippen LogP contribution in [-0.4, -0.2) is 26.7 Å². The Morgan fingerprint density at radius 2 is 1.77 bits per heavy atom. The number of likely N-dealkylation sites (tertiary alicyclic amines) is 1. The van der Waals surface area contributed by atoms with E-state index in [9.17, 15) is 19.1 Å².